The van der Waals surface area contributed by atoms with Gasteiger partial charge in [0.2, 0.25) is 0 Å². The van der Waals surface area contributed by atoms with Gasteiger partial charge in [-0.05, 0) is 37.6 Å². The van der Waals surface area contributed by atoms with Crippen LogP contribution in [-0.2, 0) is 4.79 Å². The highest BCUT2D eigenvalue weighted by Gasteiger charge is 2.13. The number of nitrogens with one attached hydrogen (secondary N) is 1. The SMILES string of the molecule is Cc1ccccc1OCC(=O)NN=Cc1c(C)nn(-c2ccccc2)c1Cl. The summed E-state index contributed by atoms with van der Waals surface area (Å²) in [6, 6.07) is 17.0. The molecule has 0 fully saturated rings. The maximum Gasteiger partial charge on any atom is 0.277 e. The molecule has 27 heavy (non-hydrogen) atoms. The zero-order valence-corrected chi connectivity index (χ0v) is 15.8. The second kappa shape index (κ2) is 8.51. The Morgan fingerprint density at radius 1 is 1.19 bits per heavy atom. The van der Waals surface area contributed by atoms with Crippen LogP contribution in [0.5, 0.6) is 5.75 Å². The highest BCUT2D eigenvalue weighted by molar-refractivity contribution is 6.32. The van der Waals surface area contributed by atoms with E-state index >= 15 is 0 Å². The number of hydrogen-bond donors (Lipinski definition) is 1. The molecule has 0 aliphatic carbocycles. The minimum absolute atomic E-state index is 0.127. The molecule has 0 saturated heterocycles. The Morgan fingerprint density at radius 2 is 1.89 bits per heavy atom. The summed E-state index contributed by atoms with van der Waals surface area (Å²) in [6.45, 7) is 3.62. The molecule has 138 valence electrons. The van der Waals surface area contributed by atoms with Gasteiger partial charge in [0.15, 0.2) is 6.61 Å². The first kappa shape index (κ1) is 18.7. The zero-order valence-electron chi connectivity index (χ0n) is 15.0. The molecular weight excluding hydrogens is 364 g/mol. The van der Waals surface area contributed by atoms with E-state index in [1.165, 1.54) is 6.21 Å². The molecule has 1 aromatic heterocycles. The molecular formula is C20H19ClN4O2. The third-order valence-electron chi connectivity index (χ3n) is 3.88. The zero-order chi connectivity index (χ0) is 19.2. The maximum absolute atomic E-state index is 11.9. The number of rotatable bonds is 6. The molecule has 0 bridgehead atoms. The Balaban J connectivity index is 1.62. The van der Waals surface area contributed by atoms with Crippen molar-refractivity contribution in [3.63, 3.8) is 0 Å². The van der Waals surface area contributed by atoms with E-state index in [0.717, 1.165) is 11.3 Å². The van der Waals surface area contributed by atoms with Crippen LogP contribution in [0.2, 0.25) is 5.15 Å². The molecule has 2 aromatic carbocycles. The molecule has 0 atom stereocenters. The van der Waals surface area contributed by atoms with Crippen molar-refractivity contribution >= 4 is 23.7 Å². The van der Waals surface area contributed by atoms with Gasteiger partial charge in [-0.3, -0.25) is 4.79 Å². The third kappa shape index (κ3) is 4.54. The Morgan fingerprint density at radius 3 is 2.63 bits per heavy atom. The maximum atomic E-state index is 11.9. The van der Waals surface area contributed by atoms with Gasteiger partial charge in [-0.2, -0.15) is 10.2 Å². The number of benzene rings is 2. The van der Waals surface area contributed by atoms with Crippen LogP contribution in [0.4, 0.5) is 0 Å². The number of aromatic nitrogens is 2. The van der Waals surface area contributed by atoms with E-state index < -0.39 is 0 Å². The van der Waals surface area contributed by atoms with Crippen molar-refractivity contribution in [2.75, 3.05) is 6.61 Å². The number of hydrazone groups is 1. The monoisotopic (exact) mass is 382 g/mol. The van der Waals surface area contributed by atoms with Gasteiger partial charge >= 0.3 is 0 Å². The lowest BCUT2D eigenvalue weighted by Crippen LogP contribution is -2.24. The number of ether oxygens (including phenoxy) is 1. The second-order valence-corrected chi connectivity index (χ2v) is 6.24. The molecule has 3 aromatic rings. The van der Waals surface area contributed by atoms with Gasteiger partial charge in [-0.25, -0.2) is 10.1 Å². The Labute approximate surface area is 162 Å². The van der Waals surface area contributed by atoms with Gasteiger partial charge in [0.05, 0.1) is 23.2 Å². The number of aryl methyl sites for hydroxylation is 2. The number of carbonyl (C=O) groups is 1. The molecule has 6 nitrogen and oxygen atoms in total. The lowest BCUT2D eigenvalue weighted by Gasteiger charge is -2.07. The van der Waals surface area contributed by atoms with Gasteiger partial charge < -0.3 is 4.74 Å². The Kier molecular flexibility index (Phi) is 5.88. The van der Waals surface area contributed by atoms with Crippen molar-refractivity contribution in [2.24, 2.45) is 5.10 Å². The summed E-state index contributed by atoms with van der Waals surface area (Å²) in [6.07, 6.45) is 1.48. The number of para-hydroxylation sites is 2. The van der Waals surface area contributed by atoms with Crippen molar-refractivity contribution < 1.29 is 9.53 Å². The summed E-state index contributed by atoms with van der Waals surface area (Å²) in [7, 11) is 0. The average Bonchev–Trinajstić information content (AvgIpc) is 2.96. The molecule has 1 heterocycles. The van der Waals surface area contributed by atoms with E-state index in [9.17, 15) is 4.79 Å². The topological polar surface area (TPSA) is 68.5 Å². The molecule has 0 saturated carbocycles. The molecule has 0 spiro atoms. The van der Waals surface area contributed by atoms with Crippen LogP contribution in [0.15, 0.2) is 59.7 Å². The molecule has 0 aliphatic heterocycles. The molecule has 1 amide bonds. The van der Waals surface area contributed by atoms with Crippen molar-refractivity contribution in [1.82, 2.24) is 15.2 Å². The molecule has 3 rings (SSSR count). The first-order chi connectivity index (χ1) is 13.1. The number of carbonyl (C=O) groups excluding carboxylic acids is 1. The average molecular weight is 383 g/mol. The lowest BCUT2D eigenvalue weighted by molar-refractivity contribution is -0.123. The smallest absolute Gasteiger partial charge is 0.277 e. The van der Waals surface area contributed by atoms with Crippen LogP contribution in [0.3, 0.4) is 0 Å². The van der Waals surface area contributed by atoms with E-state index in [1.54, 1.807) is 4.68 Å². The van der Waals surface area contributed by atoms with Crippen LogP contribution < -0.4 is 10.2 Å². The molecule has 1 N–H and O–H groups in total. The van der Waals surface area contributed by atoms with Crippen molar-refractivity contribution in [3.8, 4) is 11.4 Å². The van der Waals surface area contributed by atoms with E-state index in [1.807, 2.05) is 68.4 Å². The quantitative estimate of drug-likeness (QED) is 0.522. The van der Waals surface area contributed by atoms with Gasteiger partial charge in [0.1, 0.15) is 10.9 Å². The molecule has 0 unspecified atom stereocenters. The highest BCUT2D eigenvalue weighted by atomic mass is 35.5. The second-order valence-electron chi connectivity index (χ2n) is 5.88. The van der Waals surface area contributed by atoms with Crippen LogP contribution in [0.1, 0.15) is 16.8 Å². The van der Waals surface area contributed by atoms with Crippen LogP contribution in [0.25, 0.3) is 5.69 Å². The Hall–Kier alpha value is -3.12. The summed E-state index contributed by atoms with van der Waals surface area (Å²) < 4.78 is 7.11. The summed E-state index contributed by atoms with van der Waals surface area (Å²) in [5, 5.41) is 8.81. The molecule has 0 aliphatic rings. The highest BCUT2D eigenvalue weighted by Crippen LogP contribution is 2.21. The Bertz CT molecular complexity index is 967. The molecule has 0 radical (unpaired) electrons. The normalized spacial score (nSPS) is 10.9. The van der Waals surface area contributed by atoms with Crippen molar-refractivity contribution in [3.05, 3.63) is 76.6 Å². The van der Waals surface area contributed by atoms with E-state index in [2.05, 4.69) is 15.6 Å². The first-order valence-electron chi connectivity index (χ1n) is 8.37. The summed E-state index contributed by atoms with van der Waals surface area (Å²) >= 11 is 6.41. The van der Waals surface area contributed by atoms with E-state index in [0.29, 0.717) is 22.2 Å². The van der Waals surface area contributed by atoms with Crippen LogP contribution >= 0.6 is 11.6 Å². The van der Waals surface area contributed by atoms with Crippen molar-refractivity contribution in [1.29, 1.82) is 0 Å². The van der Waals surface area contributed by atoms with Gasteiger partial charge in [-0.1, -0.05) is 48.0 Å². The summed E-state index contributed by atoms with van der Waals surface area (Å²) in [4.78, 5) is 11.9. The van der Waals surface area contributed by atoms with Crippen LogP contribution in [-0.4, -0.2) is 28.5 Å². The number of hydrogen-bond acceptors (Lipinski definition) is 4. The summed E-state index contributed by atoms with van der Waals surface area (Å²) in [5.41, 5.74) is 5.59. The van der Waals surface area contributed by atoms with Gasteiger partial charge in [0.25, 0.3) is 5.91 Å². The first-order valence-corrected chi connectivity index (χ1v) is 8.75. The fourth-order valence-corrected chi connectivity index (χ4v) is 2.78. The van der Waals surface area contributed by atoms with Gasteiger partial charge in [0, 0.05) is 0 Å². The van der Waals surface area contributed by atoms with Gasteiger partial charge in [-0.15, -0.1) is 0 Å². The fourth-order valence-electron chi connectivity index (χ4n) is 2.46. The van der Waals surface area contributed by atoms with Crippen LogP contribution in [0, 0.1) is 13.8 Å². The minimum Gasteiger partial charge on any atom is -0.483 e. The lowest BCUT2D eigenvalue weighted by atomic mass is 10.2. The van der Waals surface area contributed by atoms with E-state index in [-0.39, 0.29) is 12.5 Å². The number of nitrogens with zero attached hydrogens (tertiary/aromatic N) is 3. The standard InChI is InChI=1S/C20H19ClN4O2/c1-14-8-6-7-11-18(14)27-13-19(26)23-22-12-17-15(2)24-25(20(17)21)16-9-4-3-5-10-16/h3-12H,13H2,1-2H3,(H,23,26). The fraction of sp³-hybridized carbons (Fsp3) is 0.150. The summed E-state index contributed by atoms with van der Waals surface area (Å²) in [5.74, 6) is 0.304. The predicted molar refractivity (Wildman–Crippen MR) is 106 cm³/mol. The number of amides is 1. The third-order valence-corrected chi connectivity index (χ3v) is 4.25. The minimum atomic E-state index is -0.362. The largest absolute Gasteiger partial charge is 0.483 e. The van der Waals surface area contributed by atoms with E-state index in [4.69, 9.17) is 16.3 Å². The number of halogens is 1. The molecule has 7 heteroatoms. The predicted octanol–water partition coefficient (Wildman–Crippen LogP) is 3.67. The van der Waals surface area contributed by atoms with Crippen molar-refractivity contribution in [2.45, 2.75) is 13.8 Å².